The summed E-state index contributed by atoms with van der Waals surface area (Å²) in [5.41, 5.74) is 17.0. The van der Waals surface area contributed by atoms with Crippen molar-refractivity contribution in [3.05, 3.63) is 247 Å². The molecule has 1 aromatic heterocycles. The predicted molar refractivity (Wildman–Crippen MR) is 267 cm³/mol. The van der Waals surface area contributed by atoms with Crippen LogP contribution in [-0.2, 0) is 5.41 Å². The largest absolute Gasteiger partial charge is 0.454 e. The van der Waals surface area contributed by atoms with Crippen LogP contribution in [0.2, 0.25) is 0 Å². The molecule has 14 rings (SSSR count). The molecule has 11 aromatic carbocycles. The molecule has 1 atom stereocenters. The number of furan rings is 1. The molecule has 0 saturated heterocycles. The zero-order valence-corrected chi connectivity index (χ0v) is 34.7. The summed E-state index contributed by atoms with van der Waals surface area (Å²) in [7, 11) is 0. The molecule has 2 aliphatic rings. The number of anilines is 5. The van der Waals surface area contributed by atoms with E-state index in [1.54, 1.807) is 0 Å². The number of para-hydroxylation sites is 4. The van der Waals surface area contributed by atoms with Crippen LogP contribution in [0.3, 0.4) is 0 Å². The molecule has 12 aromatic rings. The Morgan fingerprint density at radius 3 is 1.84 bits per heavy atom. The summed E-state index contributed by atoms with van der Waals surface area (Å²) < 4.78 is 6.68. The topological polar surface area (TPSA) is 28.4 Å². The van der Waals surface area contributed by atoms with Crippen molar-refractivity contribution in [1.82, 2.24) is 0 Å². The van der Waals surface area contributed by atoms with Gasteiger partial charge in [0.2, 0.25) is 0 Å². The van der Waals surface area contributed by atoms with Crippen LogP contribution in [0.25, 0.3) is 76.5 Å². The summed E-state index contributed by atoms with van der Waals surface area (Å²) in [6.45, 7) is 0. The molecule has 3 nitrogen and oxygen atoms in total. The normalized spacial score (nSPS) is 14.6. The molecule has 1 N–H and O–H groups in total. The van der Waals surface area contributed by atoms with Crippen molar-refractivity contribution in [1.29, 1.82) is 0 Å². The van der Waals surface area contributed by atoms with Gasteiger partial charge in [-0.05, 0) is 162 Å². The summed E-state index contributed by atoms with van der Waals surface area (Å²) in [6.07, 6.45) is 0. The van der Waals surface area contributed by atoms with E-state index < -0.39 is 5.41 Å². The maximum atomic E-state index is 6.68. The van der Waals surface area contributed by atoms with Crippen LogP contribution in [0.1, 0.15) is 22.3 Å². The van der Waals surface area contributed by atoms with Crippen LogP contribution < -0.4 is 10.2 Å². The van der Waals surface area contributed by atoms with E-state index >= 15 is 0 Å². The van der Waals surface area contributed by atoms with Crippen molar-refractivity contribution in [2.75, 3.05) is 10.2 Å². The van der Waals surface area contributed by atoms with Gasteiger partial charge in [0.15, 0.2) is 5.58 Å². The van der Waals surface area contributed by atoms with Gasteiger partial charge < -0.3 is 14.6 Å². The smallest absolute Gasteiger partial charge is 0.159 e. The van der Waals surface area contributed by atoms with E-state index in [1.165, 1.54) is 76.8 Å². The van der Waals surface area contributed by atoms with Crippen molar-refractivity contribution in [2.24, 2.45) is 0 Å². The zero-order valence-electron chi connectivity index (χ0n) is 34.7. The number of nitrogens with zero attached hydrogens (tertiary/aromatic N) is 1. The average molecular weight is 815 g/mol. The Hall–Kier alpha value is -8.40. The van der Waals surface area contributed by atoms with E-state index in [0.29, 0.717) is 0 Å². The number of rotatable bonds is 5. The van der Waals surface area contributed by atoms with Crippen molar-refractivity contribution < 1.29 is 4.42 Å². The maximum absolute atomic E-state index is 6.68. The first-order chi connectivity index (χ1) is 31.7. The molecule has 2 aliphatic carbocycles. The summed E-state index contributed by atoms with van der Waals surface area (Å²) in [4.78, 5) is 2.35. The van der Waals surface area contributed by atoms with Gasteiger partial charge in [-0.2, -0.15) is 0 Å². The number of hydrogen-bond donors (Lipinski definition) is 1. The molecule has 0 aliphatic heterocycles. The Morgan fingerprint density at radius 2 is 1.02 bits per heavy atom. The van der Waals surface area contributed by atoms with Gasteiger partial charge in [-0.3, -0.25) is 0 Å². The predicted octanol–water partition coefficient (Wildman–Crippen LogP) is 16.6. The molecular formula is C61H38N2O. The fourth-order valence-electron chi connectivity index (χ4n) is 11.2. The molecule has 3 heteroatoms. The highest BCUT2D eigenvalue weighted by Gasteiger charge is 2.52. The standard InChI is InChI=1S/C61H38N2O/c1-3-15-43(16-4-1)62-44-29-26-39-34-51-52-35-40-27-30-46(63(45-17-5-2-6-18-45)57-24-13-22-49-48-20-10-12-25-58(48)64-60(49)57)33-42(40)37-56(52)61(55(51)36-41(39)32-44)53-23-11-9-21-50(53)59-47-19-8-7-14-38(47)28-31-54(59)61/h1-37,62H. The SMILES string of the molecule is c1ccc(Nc2ccc3cc4c(cc3c2)C2(c3cc5cc(N(c6ccccc6)c6cccc7c6oc6ccccc67)ccc5cc3-4)c3ccccc3-c3c2ccc2ccccc32)cc1. The first-order valence-electron chi connectivity index (χ1n) is 22.1. The summed E-state index contributed by atoms with van der Waals surface area (Å²) >= 11 is 0. The minimum absolute atomic E-state index is 0.541. The third kappa shape index (κ3) is 4.92. The Morgan fingerprint density at radius 1 is 0.359 bits per heavy atom. The first kappa shape index (κ1) is 35.2. The lowest BCUT2D eigenvalue weighted by Gasteiger charge is -2.31. The second-order valence-corrected chi connectivity index (χ2v) is 17.3. The van der Waals surface area contributed by atoms with Gasteiger partial charge in [-0.15, -0.1) is 0 Å². The number of fused-ring (bicyclic) bond motifs is 17. The molecule has 1 heterocycles. The third-order valence-corrected chi connectivity index (χ3v) is 13.9. The van der Waals surface area contributed by atoms with E-state index in [2.05, 4.69) is 229 Å². The Kier molecular flexibility index (Phi) is 7.32. The average Bonchev–Trinajstić information content (AvgIpc) is 3.97. The van der Waals surface area contributed by atoms with Gasteiger partial charge in [-0.25, -0.2) is 0 Å². The fraction of sp³-hybridized carbons (Fsp3) is 0.0164. The quantitative estimate of drug-likeness (QED) is 0.188. The van der Waals surface area contributed by atoms with E-state index in [-0.39, 0.29) is 0 Å². The van der Waals surface area contributed by atoms with Crippen molar-refractivity contribution in [2.45, 2.75) is 5.41 Å². The van der Waals surface area contributed by atoms with E-state index in [0.717, 1.165) is 50.4 Å². The van der Waals surface area contributed by atoms with E-state index in [4.69, 9.17) is 4.42 Å². The number of benzene rings is 11. The molecule has 0 saturated carbocycles. The molecule has 0 radical (unpaired) electrons. The van der Waals surface area contributed by atoms with Gasteiger partial charge >= 0.3 is 0 Å². The van der Waals surface area contributed by atoms with Crippen LogP contribution in [0.15, 0.2) is 229 Å². The molecular weight excluding hydrogens is 777 g/mol. The van der Waals surface area contributed by atoms with Crippen LogP contribution in [0.5, 0.6) is 0 Å². The highest BCUT2D eigenvalue weighted by atomic mass is 16.3. The van der Waals surface area contributed by atoms with Crippen molar-refractivity contribution in [3.63, 3.8) is 0 Å². The molecule has 0 bridgehead atoms. The van der Waals surface area contributed by atoms with Gasteiger partial charge in [0, 0.05) is 33.5 Å². The van der Waals surface area contributed by atoms with Crippen LogP contribution in [0, 0.1) is 0 Å². The van der Waals surface area contributed by atoms with Crippen LogP contribution in [0.4, 0.5) is 28.4 Å². The fourth-order valence-corrected chi connectivity index (χ4v) is 11.2. The van der Waals surface area contributed by atoms with Gasteiger partial charge in [0.05, 0.1) is 11.1 Å². The number of hydrogen-bond acceptors (Lipinski definition) is 3. The number of nitrogens with one attached hydrogen (secondary N) is 1. The lowest BCUT2D eigenvalue weighted by Crippen LogP contribution is -2.25. The van der Waals surface area contributed by atoms with Crippen LogP contribution in [-0.4, -0.2) is 0 Å². The molecule has 1 unspecified atom stereocenters. The lowest BCUT2D eigenvalue weighted by molar-refractivity contribution is 0.669. The molecule has 0 amide bonds. The van der Waals surface area contributed by atoms with Gasteiger partial charge in [0.1, 0.15) is 5.58 Å². The second kappa shape index (κ2) is 13.3. The van der Waals surface area contributed by atoms with E-state index in [1.807, 2.05) is 6.07 Å². The molecule has 1 spiro atoms. The van der Waals surface area contributed by atoms with Gasteiger partial charge in [0.25, 0.3) is 0 Å². The van der Waals surface area contributed by atoms with Crippen molar-refractivity contribution in [3.8, 4) is 22.3 Å². The maximum Gasteiger partial charge on any atom is 0.159 e. The first-order valence-corrected chi connectivity index (χ1v) is 22.1. The zero-order chi connectivity index (χ0) is 41.9. The summed E-state index contributed by atoms with van der Waals surface area (Å²) in [5.74, 6) is 0. The third-order valence-electron chi connectivity index (χ3n) is 13.9. The van der Waals surface area contributed by atoms with E-state index in [9.17, 15) is 0 Å². The minimum Gasteiger partial charge on any atom is -0.454 e. The molecule has 0 fully saturated rings. The Bertz CT molecular complexity index is 3890. The van der Waals surface area contributed by atoms with Crippen LogP contribution >= 0.6 is 0 Å². The Labute approximate surface area is 370 Å². The second-order valence-electron chi connectivity index (χ2n) is 17.3. The lowest BCUT2D eigenvalue weighted by atomic mass is 9.70. The summed E-state index contributed by atoms with van der Waals surface area (Å²) in [5, 5.41) is 13.2. The highest BCUT2D eigenvalue weighted by Crippen LogP contribution is 2.64. The minimum atomic E-state index is -0.541. The molecule has 64 heavy (non-hydrogen) atoms. The van der Waals surface area contributed by atoms with Crippen molar-refractivity contribution >= 4 is 82.7 Å². The monoisotopic (exact) mass is 814 g/mol. The van der Waals surface area contributed by atoms with Gasteiger partial charge in [-0.1, -0.05) is 140 Å². The highest BCUT2D eigenvalue weighted by molar-refractivity contribution is 6.12. The molecule has 298 valence electrons. The summed E-state index contributed by atoms with van der Waals surface area (Å²) in [6, 6.07) is 82.3. The Balaban J connectivity index is 1.03.